The van der Waals surface area contributed by atoms with Gasteiger partial charge in [-0.25, -0.2) is 0 Å². The number of esters is 1. The number of carbonyl (C=O) groups is 1. The number of halogens is 1. The number of unbranched alkanes of at least 4 members (excludes halogenated alkanes) is 7. The molecule has 0 atom stereocenters. The van der Waals surface area contributed by atoms with Gasteiger partial charge in [-0.05, 0) is 25.7 Å². The third kappa shape index (κ3) is 18.5. The summed E-state index contributed by atoms with van der Waals surface area (Å²) >= 11 is 3.37. The molecular formula is C20H39BrO4. The number of rotatable bonds is 19. The summed E-state index contributed by atoms with van der Waals surface area (Å²) in [6, 6.07) is 0. The monoisotopic (exact) mass is 422 g/mol. The van der Waals surface area contributed by atoms with Crippen molar-refractivity contribution in [3.8, 4) is 0 Å². The molecule has 0 fully saturated rings. The summed E-state index contributed by atoms with van der Waals surface area (Å²) in [5, 5.41) is 0.949. The van der Waals surface area contributed by atoms with E-state index in [9.17, 15) is 4.79 Å². The van der Waals surface area contributed by atoms with Gasteiger partial charge in [0.25, 0.3) is 0 Å². The fraction of sp³-hybridized carbons (Fsp3) is 0.950. The lowest BCUT2D eigenvalue weighted by Gasteiger charge is -2.18. The lowest BCUT2D eigenvalue weighted by atomic mass is 10.2. The van der Waals surface area contributed by atoms with Gasteiger partial charge >= 0.3 is 5.97 Å². The van der Waals surface area contributed by atoms with Gasteiger partial charge in [0, 0.05) is 25.0 Å². The highest BCUT2D eigenvalue weighted by Crippen LogP contribution is 2.10. The Morgan fingerprint density at radius 3 is 1.88 bits per heavy atom. The predicted octanol–water partition coefficient (Wildman–Crippen LogP) is 6.00. The fourth-order valence-corrected chi connectivity index (χ4v) is 2.79. The van der Waals surface area contributed by atoms with E-state index in [4.69, 9.17) is 14.2 Å². The molecule has 150 valence electrons. The van der Waals surface area contributed by atoms with E-state index >= 15 is 0 Å². The minimum absolute atomic E-state index is 0.149. The molecule has 0 N–H and O–H groups in total. The van der Waals surface area contributed by atoms with E-state index in [0.717, 1.165) is 31.0 Å². The molecule has 0 unspecified atom stereocenters. The summed E-state index contributed by atoms with van der Waals surface area (Å²) in [5.41, 5.74) is 0. The zero-order chi connectivity index (χ0) is 18.6. The molecule has 5 heteroatoms. The van der Waals surface area contributed by atoms with E-state index in [1.807, 2.05) is 0 Å². The van der Waals surface area contributed by atoms with Crippen LogP contribution in [0.15, 0.2) is 0 Å². The molecule has 0 saturated heterocycles. The zero-order valence-electron chi connectivity index (χ0n) is 16.4. The fourth-order valence-electron chi connectivity index (χ4n) is 2.39. The Hall–Kier alpha value is -0.130. The first-order valence-corrected chi connectivity index (χ1v) is 11.3. The molecule has 0 aromatic heterocycles. The summed E-state index contributed by atoms with van der Waals surface area (Å²) in [5.74, 6) is -0.149. The van der Waals surface area contributed by atoms with E-state index in [1.165, 1.54) is 38.5 Å². The van der Waals surface area contributed by atoms with E-state index in [-0.39, 0.29) is 12.3 Å². The Bertz CT molecular complexity index is 273. The number of alkyl halides is 1. The average Bonchev–Trinajstić information content (AvgIpc) is 2.62. The number of carbonyl (C=O) groups excluding carboxylic acids is 1. The summed E-state index contributed by atoms with van der Waals surface area (Å²) in [7, 11) is 0. The van der Waals surface area contributed by atoms with Crippen LogP contribution in [0.25, 0.3) is 0 Å². The molecule has 0 aromatic carbocycles. The first kappa shape index (κ1) is 24.9. The highest BCUT2D eigenvalue weighted by atomic mass is 79.9. The van der Waals surface area contributed by atoms with Crippen molar-refractivity contribution in [2.24, 2.45) is 0 Å². The van der Waals surface area contributed by atoms with Gasteiger partial charge in [0.05, 0.1) is 13.0 Å². The highest BCUT2D eigenvalue weighted by molar-refractivity contribution is 9.09. The van der Waals surface area contributed by atoms with Crippen LogP contribution in [0.2, 0.25) is 0 Å². The van der Waals surface area contributed by atoms with Gasteiger partial charge < -0.3 is 14.2 Å². The van der Waals surface area contributed by atoms with Gasteiger partial charge in [0.2, 0.25) is 0 Å². The molecular weight excluding hydrogens is 384 g/mol. The molecule has 0 radical (unpaired) electrons. The lowest BCUT2D eigenvalue weighted by Crippen LogP contribution is -2.21. The molecule has 0 bridgehead atoms. The van der Waals surface area contributed by atoms with E-state index < -0.39 is 0 Å². The van der Waals surface area contributed by atoms with Crippen LogP contribution in [-0.4, -0.2) is 37.4 Å². The zero-order valence-corrected chi connectivity index (χ0v) is 18.0. The Kier molecular flexibility index (Phi) is 20.1. The second-order valence-corrected chi connectivity index (χ2v) is 7.24. The van der Waals surface area contributed by atoms with Gasteiger partial charge in [-0.2, -0.15) is 0 Å². The largest absolute Gasteiger partial charge is 0.466 e. The van der Waals surface area contributed by atoms with Crippen molar-refractivity contribution in [2.75, 3.05) is 25.2 Å². The first-order chi connectivity index (χ1) is 12.2. The molecule has 0 rings (SSSR count). The van der Waals surface area contributed by atoms with E-state index in [1.54, 1.807) is 0 Å². The maximum Gasteiger partial charge on any atom is 0.305 e. The SMILES string of the molecule is CCCCCCOC(CCC(=O)OCCCCBr)OCCCCCC. The molecule has 0 aliphatic carbocycles. The molecule has 0 aliphatic rings. The quantitative estimate of drug-likeness (QED) is 0.111. The third-order valence-corrected chi connectivity index (χ3v) is 4.54. The van der Waals surface area contributed by atoms with E-state index in [2.05, 4.69) is 29.8 Å². The molecule has 0 saturated carbocycles. The van der Waals surface area contributed by atoms with E-state index in [0.29, 0.717) is 32.7 Å². The van der Waals surface area contributed by atoms with Crippen molar-refractivity contribution in [3.05, 3.63) is 0 Å². The van der Waals surface area contributed by atoms with Crippen molar-refractivity contribution in [1.82, 2.24) is 0 Å². The van der Waals surface area contributed by atoms with Crippen LogP contribution in [0.4, 0.5) is 0 Å². The van der Waals surface area contributed by atoms with Crippen LogP contribution in [0.5, 0.6) is 0 Å². The topological polar surface area (TPSA) is 44.8 Å². The van der Waals surface area contributed by atoms with Crippen LogP contribution in [0.1, 0.15) is 90.9 Å². The van der Waals surface area contributed by atoms with Gasteiger partial charge in [0.15, 0.2) is 6.29 Å². The maximum absolute atomic E-state index is 11.8. The number of hydrogen-bond acceptors (Lipinski definition) is 4. The van der Waals surface area contributed by atoms with Crippen LogP contribution in [0, 0.1) is 0 Å². The van der Waals surface area contributed by atoms with Crippen molar-refractivity contribution < 1.29 is 19.0 Å². The molecule has 0 heterocycles. The van der Waals surface area contributed by atoms with Gasteiger partial charge in [0.1, 0.15) is 0 Å². The highest BCUT2D eigenvalue weighted by Gasteiger charge is 2.13. The van der Waals surface area contributed by atoms with Crippen molar-refractivity contribution in [3.63, 3.8) is 0 Å². The van der Waals surface area contributed by atoms with Crippen molar-refractivity contribution in [2.45, 2.75) is 97.2 Å². The van der Waals surface area contributed by atoms with Gasteiger partial charge in [-0.1, -0.05) is 68.3 Å². The first-order valence-electron chi connectivity index (χ1n) is 10.2. The molecule has 0 spiro atoms. The smallest absolute Gasteiger partial charge is 0.305 e. The maximum atomic E-state index is 11.8. The third-order valence-electron chi connectivity index (χ3n) is 3.98. The standard InChI is InChI=1S/C20H39BrO4/c1-3-5-7-10-17-24-20(25-18-11-8-6-4-2)14-13-19(22)23-16-12-9-15-21/h20H,3-18H2,1-2H3. The lowest BCUT2D eigenvalue weighted by molar-refractivity contribution is -0.159. The Balaban J connectivity index is 3.94. The second kappa shape index (κ2) is 20.2. The molecule has 0 amide bonds. The molecule has 25 heavy (non-hydrogen) atoms. The van der Waals surface area contributed by atoms with Gasteiger partial charge in [-0.15, -0.1) is 0 Å². The molecule has 4 nitrogen and oxygen atoms in total. The number of ether oxygens (including phenoxy) is 3. The second-order valence-electron chi connectivity index (χ2n) is 6.45. The number of hydrogen-bond donors (Lipinski definition) is 0. The Morgan fingerprint density at radius 2 is 1.36 bits per heavy atom. The van der Waals surface area contributed by atoms with Crippen molar-refractivity contribution in [1.29, 1.82) is 0 Å². The summed E-state index contributed by atoms with van der Waals surface area (Å²) in [6.45, 7) is 6.32. The van der Waals surface area contributed by atoms with Crippen LogP contribution < -0.4 is 0 Å². The Labute approximate surface area is 163 Å². The predicted molar refractivity (Wildman–Crippen MR) is 107 cm³/mol. The minimum atomic E-state index is -0.279. The molecule has 0 aliphatic heterocycles. The van der Waals surface area contributed by atoms with Crippen LogP contribution in [-0.2, 0) is 19.0 Å². The summed E-state index contributed by atoms with van der Waals surface area (Å²) in [6.07, 6.45) is 12.0. The normalized spacial score (nSPS) is 11.2. The minimum Gasteiger partial charge on any atom is -0.466 e. The summed E-state index contributed by atoms with van der Waals surface area (Å²) < 4.78 is 16.9. The Morgan fingerprint density at radius 1 is 0.800 bits per heavy atom. The van der Waals surface area contributed by atoms with Crippen LogP contribution >= 0.6 is 15.9 Å². The summed E-state index contributed by atoms with van der Waals surface area (Å²) in [4.78, 5) is 11.8. The molecule has 0 aromatic rings. The van der Waals surface area contributed by atoms with Gasteiger partial charge in [-0.3, -0.25) is 4.79 Å². The van der Waals surface area contributed by atoms with Crippen molar-refractivity contribution >= 4 is 21.9 Å². The average molecular weight is 423 g/mol. The van der Waals surface area contributed by atoms with Crippen LogP contribution in [0.3, 0.4) is 0 Å².